The minimum absolute atomic E-state index is 0.220. The van der Waals surface area contributed by atoms with Crippen molar-refractivity contribution in [3.63, 3.8) is 0 Å². The Balaban J connectivity index is 1.82. The van der Waals surface area contributed by atoms with Crippen molar-refractivity contribution in [2.75, 3.05) is 13.1 Å². The molecule has 0 saturated carbocycles. The molecule has 23 heavy (non-hydrogen) atoms. The van der Waals surface area contributed by atoms with Gasteiger partial charge >= 0.3 is 0 Å². The van der Waals surface area contributed by atoms with Crippen LogP contribution in [0, 0.1) is 11.8 Å². The lowest BCUT2D eigenvalue weighted by molar-refractivity contribution is -0.123. The van der Waals surface area contributed by atoms with E-state index in [2.05, 4.69) is 48.7 Å². The third kappa shape index (κ3) is 6.34. The van der Waals surface area contributed by atoms with E-state index >= 15 is 0 Å². The molecule has 1 heterocycles. The summed E-state index contributed by atoms with van der Waals surface area (Å²) >= 11 is 0. The van der Waals surface area contributed by atoms with Crippen LogP contribution >= 0.6 is 0 Å². The van der Waals surface area contributed by atoms with Crippen LogP contribution in [0.4, 0.5) is 0 Å². The van der Waals surface area contributed by atoms with Crippen molar-refractivity contribution in [3.8, 4) is 0 Å². The van der Waals surface area contributed by atoms with Gasteiger partial charge in [-0.25, -0.2) is 0 Å². The molecule has 1 saturated heterocycles. The summed E-state index contributed by atoms with van der Waals surface area (Å²) in [5.74, 6) is 1.33. The quantitative estimate of drug-likeness (QED) is 0.770. The van der Waals surface area contributed by atoms with Gasteiger partial charge in [0.05, 0.1) is 0 Å². The molecule has 0 spiro atoms. The second-order valence-corrected chi connectivity index (χ2v) is 7.03. The molecule has 3 nitrogen and oxygen atoms in total. The van der Waals surface area contributed by atoms with Crippen LogP contribution in [0.3, 0.4) is 0 Å². The second-order valence-electron chi connectivity index (χ2n) is 7.03. The minimum atomic E-state index is 0.220. The molecule has 0 aliphatic carbocycles. The van der Waals surface area contributed by atoms with E-state index in [0.29, 0.717) is 18.3 Å². The Kier molecular flexibility index (Phi) is 7.60. The Morgan fingerprint density at radius 2 is 2.13 bits per heavy atom. The summed E-state index contributed by atoms with van der Waals surface area (Å²) in [5, 5.41) is 6.73. The van der Waals surface area contributed by atoms with Gasteiger partial charge in [-0.1, -0.05) is 50.6 Å². The topological polar surface area (TPSA) is 41.1 Å². The van der Waals surface area contributed by atoms with Crippen LogP contribution in [-0.4, -0.2) is 25.0 Å². The van der Waals surface area contributed by atoms with Gasteiger partial charge in [-0.3, -0.25) is 4.79 Å². The van der Waals surface area contributed by atoms with Crippen LogP contribution in [0.15, 0.2) is 30.3 Å². The zero-order chi connectivity index (χ0) is 16.5. The molecule has 0 radical (unpaired) electrons. The highest BCUT2D eigenvalue weighted by atomic mass is 16.1. The minimum Gasteiger partial charge on any atom is -0.353 e. The third-order valence-electron chi connectivity index (χ3n) is 4.97. The molecule has 2 N–H and O–H groups in total. The summed E-state index contributed by atoms with van der Waals surface area (Å²) in [7, 11) is 0. The monoisotopic (exact) mass is 316 g/mol. The normalized spacial score (nSPS) is 20.7. The zero-order valence-electron chi connectivity index (χ0n) is 14.7. The van der Waals surface area contributed by atoms with Crippen molar-refractivity contribution in [1.82, 2.24) is 10.6 Å². The van der Waals surface area contributed by atoms with Crippen molar-refractivity contribution in [2.45, 2.75) is 58.4 Å². The molecule has 3 atom stereocenters. The summed E-state index contributed by atoms with van der Waals surface area (Å²) in [6.07, 6.45) is 6.22. The summed E-state index contributed by atoms with van der Waals surface area (Å²) < 4.78 is 0. The van der Waals surface area contributed by atoms with Crippen LogP contribution in [0.25, 0.3) is 0 Å². The maximum Gasteiger partial charge on any atom is 0.220 e. The molecular weight excluding hydrogens is 284 g/mol. The van der Waals surface area contributed by atoms with Gasteiger partial charge in [0.25, 0.3) is 0 Å². The van der Waals surface area contributed by atoms with Gasteiger partial charge in [0.1, 0.15) is 0 Å². The van der Waals surface area contributed by atoms with E-state index in [1.54, 1.807) is 0 Å². The van der Waals surface area contributed by atoms with Crippen LogP contribution in [0.5, 0.6) is 0 Å². The van der Waals surface area contributed by atoms with Gasteiger partial charge in [0.15, 0.2) is 0 Å². The smallest absolute Gasteiger partial charge is 0.220 e. The van der Waals surface area contributed by atoms with Crippen molar-refractivity contribution < 1.29 is 4.79 Å². The van der Waals surface area contributed by atoms with E-state index in [1.807, 2.05) is 6.07 Å². The Morgan fingerprint density at radius 1 is 1.35 bits per heavy atom. The summed E-state index contributed by atoms with van der Waals surface area (Å²) in [4.78, 5) is 12.4. The molecule has 1 amide bonds. The van der Waals surface area contributed by atoms with Gasteiger partial charge in [-0.05, 0) is 56.2 Å². The fourth-order valence-electron chi connectivity index (χ4n) is 3.58. The molecule has 3 heteroatoms. The largest absolute Gasteiger partial charge is 0.353 e. The number of hydrogen-bond donors (Lipinski definition) is 2. The number of hydrogen-bond acceptors (Lipinski definition) is 2. The molecule has 0 bridgehead atoms. The zero-order valence-corrected chi connectivity index (χ0v) is 14.7. The number of carbonyl (C=O) groups is 1. The average molecular weight is 316 g/mol. The van der Waals surface area contributed by atoms with Gasteiger partial charge in [0.2, 0.25) is 5.91 Å². The molecule has 1 aliphatic heterocycles. The SMILES string of the molecule is CCCC(Cc1ccccc1)NC(=O)CC(C)C1CCCNC1. The Bertz CT molecular complexity index is 454. The van der Waals surface area contributed by atoms with E-state index in [-0.39, 0.29) is 11.9 Å². The highest BCUT2D eigenvalue weighted by molar-refractivity contribution is 5.76. The molecular formula is C20H32N2O. The molecule has 3 unspecified atom stereocenters. The van der Waals surface area contributed by atoms with Crippen molar-refractivity contribution in [1.29, 1.82) is 0 Å². The van der Waals surface area contributed by atoms with E-state index in [9.17, 15) is 4.79 Å². The highest BCUT2D eigenvalue weighted by Crippen LogP contribution is 2.22. The number of rotatable bonds is 8. The van der Waals surface area contributed by atoms with E-state index in [4.69, 9.17) is 0 Å². The summed E-state index contributed by atoms with van der Waals surface area (Å²) in [6.45, 7) is 6.60. The standard InChI is InChI=1S/C20H32N2O/c1-3-8-19(14-17-9-5-4-6-10-17)22-20(23)13-16(2)18-11-7-12-21-15-18/h4-6,9-10,16,18-19,21H,3,7-8,11-15H2,1-2H3,(H,22,23). The van der Waals surface area contributed by atoms with Crippen molar-refractivity contribution in [2.24, 2.45) is 11.8 Å². The first-order valence-electron chi connectivity index (χ1n) is 9.23. The predicted molar refractivity (Wildman–Crippen MR) is 96.4 cm³/mol. The van der Waals surface area contributed by atoms with Crippen LogP contribution in [0.1, 0.15) is 51.5 Å². The maximum absolute atomic E-state index is 12.4. The van der Waals surface area contributed by atoms with Crippen molar-refractivity contribution >= 4 is 5.91 Å². The van der Waals surface area contributed by atoms with Gasteiger partial charge in [-0.2, -0.15) is 0 Å². The highest BCUT2D eigenvalue weighted by Gasteiger charge is 2.23. The number of piperidine rings is 1. The van der Waals surface area contributed by atoms with Crippen LogP contribution < -0.4 is 10.6 Å². The lowest BCUT2D eigenvalue weighted by Gasteiger charge is -2.28. The Hall–Kier alpha value is -1.35. The van der Waals surface area contributed by atoms with Crippen LogP contribution in [-0.2, 0) is 11.2 Å². The van der Waals surface area contributed by atoms with Gasteiger partial charge < -0.3 is 10.6 Å². The molecule has 1 aromatic carbocycles. The fraction of sp³-hybridized carbons (Fsp3) is 0.650. The average Bonchev–Trinajstić information content (AvgIpc) is 2.56. The lowest BCUT2D eigenvalue weighted by Crippen LogP contribution is -2.39. The number of nitrogens with one attached hydrogen (secondary N) is 2. The fourth-order valence-corrected chi connectivity index (χ4v) is 3.58. The van der Waals surface area contributed by atoms with Crippen LogP contribution in [0.2, 0.25) is 0 Å². The van der Waals surface area contributed by atoms with E-state index < -0.39 is 0 Å². The lowest BCUT2D eigenvalue weighted by atomic mass is 9.85. The predicted octanol–water partition coefficient (Wildman–Crippen LogP) is 3.54. The summed E-state index contributed by atoms with van der Waals surface area (Å²) in [6, 6.07) is 10.7. The molecule has 0 aromatic heterocycles. The maximum atomic E-state index is 12.4. The first-order valence-corrected chi connectivity index (χ1v) is 9.23. The number of amides is 1. The third-order valence-corrected chi connectivity index (χ3v) is 4.97. The van der Waals surface area contributed by atoms with Crippen molar-refractivity contribution in [3.05, 3.63) is 35.9 Å². The summed E-state index contributed by atoms with van der Waals surface area (Å²) in [5.41, 5.74) is 1.30. The second kappa shape index (κ2) is 9.71. The Morgan fingerprint density at radius 3 is 2.78 bits per heavy atom. The molecule has 1 aromatic rings. The molecule has 128 valence electrons. The first-order chi connectivity index (χ1) is 11.2. The molecule has 1 fully saturated rings. The van der Waals surface area contributed by atoms with E-state index in [1.165, 1.54) is 18.4 Å². The number of carbonyl (C=O) groups excluding carboxylic acids is 1. The van der Waals surface area contributed by atoms with Gasteiger partial charge in [-0.15, -0.1) is 0 Å². The molecule has 1 aliphatic rings. The first kappa shape index (κ1) is 18.0. The molecule has 2 rings (SSSR count). The van der Waals surface area contributed by atoms with Gasteiger partial charge in [0, 0.05) is 12.5 Å². The van der Waals surface area contributed by atoms with E-state index in [0.717, 1.165) is 32.4 Å². The number of benzene rings is 1. The Labute approximate surface area is 141 Å².